The molecule has 0 radical (unpaired) electrons. The van der Waals surface area contributed by atoms with Crippen molar-refractivity contribution in [3.05, 3.63) is 70.4 Å². The maximum absolute atomic E-state index is 13.2. The number of nitrogens with one attached hydrogen (secondary N) is 1. The van der Waals surface area contributed by atoms with Crippen LogP contribution >= 0.6 is 23.2 Å². The van der Waals surface area contributed by atoms with Crippen LogP contribution in [-0.4, -0.2) is 21.7 Å². The van der Waals surface area contributed by atoms with Gasteiger partial charge in [-0.15, -0.1) is 0 Å². The van der Waals surface area contributed by atoms with Crippen LogP contribution in [0.15, 0.2) is 53.2 Å². The van der Waals surface area contributed by atoms with Crippen molar-refractivity contribution in [2.45, 2.75) is 12.8 Å². The first-order valence-electron chi connectivity index (χ1n) is 8.66. The lowest BCUT2D eigenvalue weighted by atomic mass is 10.2. The SMILES string of the molecule is Fc1ccc(-c2noc(CCCNc3cnc4ccc(Cl)cc4c3)n2)c(Cl)c1. The molecule has 2 heterocycles. The van der Waals surface area contributed by atoms with Gasteiger partial charge in [0.2, 0.25) is 11.7 Å². The van der Waals surface area contributed by atoms with Crippen LogP contribution in [0.2, 0.25) is 10.0 Å². The Hall–Kier alpha value is -2.70. The average molecular weight is 417 g/mol. The highest BCUT2D eigenvalue weighted by Gasteiger charge is 2.12. The van der Waals surface area contributed by atoms with Crippen molar-refractivity contribution >= 4 is 39.8 Å². The van der Waals surface area contributed by atoms with Gasteiger partial charge in [-0.25, -0.2) is 4.39 Å². The first-order chi connectivity index (χ1) is 13.6. The molecule has 5 nitrogen and oxygen atoms in total. The first kappa shape index (κ1) is 18.7. The van der Waals surface area contributed by atoms with Crippen LogP contribution in [0.5, 0.6) is 0 Å². The molecule has 0 saturated heterocycles. The van der Waals surface area contributed by atoms with E-state index in [2.05, 4.69) is 20.4 Å². The summed E-state index contributed by atoms with van der Waals surface area (Å²) in [5.74, 6) is 0.443. The third kappa shape index (κ3) is 4.24. The van der Waals surface area contributed by atoms with Crippen molar-refractivity contribution < 1.29 is 8.91 Å². The Bertz CT molecular complexity index is 1130. The second-order valence-electron chi connectivity index (χ2n) is 6.23. The molecule has 2 aromatic carbocycles. The minimum atomic E-state index is -0.408. The molecule has 142 valence electrons. The predicted octanol–water partition coefficient (Wildman–Crippen LogP) is 5.78. The van der Waals surface area contributed by atoms with Crippen LogP contribution in [0.1, 0.15) is 12.3 Å². The number of pyridine rings is 1. The zero-order chi connectivity index (χ0) is 19.5. The Morgan fingerprint density at radius 2 is 1.96 bits per heavy atom. The fraction of sp³-hybridized carbons (Fsp3) is 0.150. The Balaban J connectivity index is 1.34. The van der Waals surface area contributed by atoms with Gasteiger partial charge < -0.3 is 9.84 Å². The summed E-state index contributed by atoms with van der Waals surface area (Å²) >= 11 is 12.1. The molecule has 1 N–H and O–H groups in total. The second kappa shape index (κ2) is 8.12. The van der Waals surface area contributed by atoms with Crippen LogP contribution in [0.4, 0.5) is 10.1 Å². The van der Waals surface area contributed by atoms with Crippen LogP contribution in [0.3, 0.4) is 0 Å². The number of anilines is 1. The number of nitrogens with zero attached hydrogens (tertiary/aromatic N) is 3. The number of benzene rings is 2. The molecule has 0 fully saturated rings. The lowest BCUT2D eigenvalue weighted by Gasteiger charge is -2.06. The largest absolute Gasteiger partial charge is 0.384 e. The summed E-state index contributed by atoms with van der Waals surface area (Å²) in [7, 11) is 0. The van der Waals surface area contributed by atoms with Gasteiger partial charge in [0.25, 0.3) is 0 Å². The molecule has 0 amide bonds. The number of hydrogen-bond donors (Lipinski definition) is 1. The molecule has 0 spiro atoms. The number of rotatable bonds is 6. The minimum absolute atomic E-state index is 0.248. The zero-order valence-electron chi connectivity index (χ0n) is 14.6. The molecular weight excluding hydrogens is 402 g/mol. The van der Waals surface area contributed by atoms with E-state index < -0.39 is 5.82 Å². The average Bonchev–Trinajstić information content (AvgIpc) is 3.13. The standard InChI is InChI=1S/C20H15Cl2FN4O/c21-13-3-6-18-12(8-13)9-15(11-25-18)24-7-1-2-19-26-20(27-28-19)16-5-4-14(23)10-17(16)22/h3-6,8-11,24H,1-2,7H2. The van der Waals surface area contributed by atoms with E-state index in [1.807, 2.05) is 24.3 Å². The minimum Gasteiger partial charge on any atom is -0.384 e. The van der Waals surface area contributed by atoms with E-state index in [0.717, 1.165) is 23.0 Å². The van der Waals surface area contributed by atoms with Gasteiger partial charge in [0.1, 0.15) is 5.82 Å². The van der Waals surface area contributed by atoms with Crippen molar-refractivity contribution in [2.75, 3.05) is 11.9 Å². The molecule has 4 rings (SSSR count). The maximum atomic E-state index is 13.2. The Labute approximate surface area is 170 Å². The summed E-state index contributed by atoms with van der Waals surface area (Å²) in [6.07, 6.45) is 3.18. The fourth-order valence-corrected chi connectivity index (χ4v) is 3.24. The number of fused-ring (bicyclic) bond motifs is 1. The number of aryl methyl sites for hydroxylation is 1. The van der Waals surface area contributed by atoms with Gasteiger partial charge in [0.15, 0.2) is 0 Å². The van der Waals surface area contributed by atoms with Crippen molar-refractivity contribution in [3.8, 4) is 11.4 Å². The molecule has 0 saturated carbocycles. The van der Waals surface area contributed by atoms with Gasteiger partial charge in [0.05, 0.1) is 22.4 Å². The first-order valence-corrected chi connectivity index (χ1v) is 9.41. The summed E-state index contributed by atoms with van der Waals surface area (Å²) in [6, 6.07) is 11.7. The normalized spacial score (nSPS) is 11.1. The molecule has 0 aliphatic heterocycles. The highest BCUT2D eigenvalue weighted by Crippen LogP contribution is 2.26. The number of halogens is 3. The fourth-order valence-electron chi connectivity index (χ4n) is 2.81. The summed E-state index contributed by atoms with van der Waals surface area (Å²) < 4.78 is 18.4. The molecule has 0 unspecified atom stereocenters. The molecular formula is C20H15Cl2FN4O. The molecule has 0 bridgehead atoms. The van der Waals surface area contributed by atoms with Gasteiger partial charge in [-0.1, -0.05) is 28.4 Å². The van der Waals surface area contributed by atoms with E-state index >= 15 is 0 Å². The molecule has 8 heteroatoms. The molecule has 4 aromatic rings. The van der Waals surface area contributed by atoms with Gasteiger partial charge >= 0.3 is 0 Å². The lowest BCUT2D eigenvalue weighted by molar-refractivity contribution is 0.377. The number of hydrogen-bond acceptors (Lipinski definition) is 5. The monoisotopic (exact) mass is 416 g/mol. The van der Waals surface area contributed by atoms with Gasteiger partial charge in [-0.2, -0.15) is 4.98 Å². The third-order valence-corrected chi connectivity index (χ3v) is 4.73. The van der Waals surface area contributed by atoms with Crippen LogP contribution in [0, 0.1) is 5.82 Å². The Morgan fingerprint density at radius 3 is 2.82 bits per heavy atom. The van der Waals surface area contributed by atoms with Gasteiger partial charge in [-0.3, -0.25) is 4.98 Å². The summed E-state index contributed by atoms with van der Waals surface area (Å²) in [5.41, 5.74) is 2.35. The summed E-state index contributed by atoms with van der Waals surface area (Å²) in [4.78, 5) is 8.74. The molecule has 28 heavy (non-hydrogen) atoms. The van der Waals surface area contributed by atoms with E-state index in [1.54, 1.807) is 6.20 Å². The van der Waals surface area contributed by atoms with Crippen molar-refractivity contribution in [1.29, 1.82) is 0 Å². The second-order valence-corrected chi connectivity index (χ2v) is 7.07. The van der Waals surface area contributed by atoms with E-state index in [9.17, 15) is 4.39 Å². The van der Waals surface area contributed by atoms with E-state index in [4.69, 9.17) is 27.7 Å². The molecule has 2 aromatic heterocycles. The van der Waals surface area contributed by atoms with Gasteiger partial charge in [0, 0.05) is 28.9 Å². The number of aromatic nitrogens is 3. The topological polar surface area (TPSA) is 63.8 Å². The predicted molar refractivity (Wildman–Crippen MR) is 108 cm³/mol. The van der Waals surface area contributed by atoms with Crippen molar-refractivity contribution in [2.24, 2.45) is 0 Å². The smallest absolute Gasteiger partial charge is 0.227 e. The molecule has 0 aliphatic carbocycles. The maximum Gasteiger partial charge on any atom is 0.227 e. The summed E-state index contributed by atoms with van der Waals surface area (Å²) in [6.45, 7) is 0.711. The van der Waals surface area contributed by atoms with E-state index in [-0.39, 0.29) is 5.02 Å². The van der Waals surface area contributed by atoms with Crippen molar-refractivity contribution in [3.63, 3.8) is 0 Å². The molecule has 0 aliphatic rings. The van der Waals surface area contributed by atoms with Crippen molar-refractivity contribution in [1.82, 2.24) is 15.1 Å². The van der Waals surface area contributed by atoms with Crippen LogP contribution in [0.25, 0.3) is 22.3 Å². The summed E-state index contributed by atoms with van der Waals surface area (Å²) in [5, 5.41) is 9.15. The van der Waals surface area contributed by atoms with Crippen LogP contribution < -0.4 is 5.32 Å². The van der Waals surface area contributed by atoms with Gasteiger partial charge in [-0.05, 0) is 48.9 Å². The van der Waals surface area contributed by atoms with E-state index in [0.29, 0.717) is 35.3 Å². The van der Waals surface area contributed by atoms with Crippen LogP contribution in [-0.2, 0) is 6.42 Å². The Kier molecular flexibility index (Phi) is 5.41. The van der Waals surface area contributed by atoms with E-state index in [1.165, 1.54) is 18.2 Å². The quantitative estimate of drug-likeness (QED) is 0.403. The third-order valence-electron chi connectivity index (χ3n) is 4.18. The highest BCUT2D eigenvalue weighted by molar-refractivity contribution is 6.33. The molecule has 0 atom stereocenters. The zero-order valence-corrected chi connectivity index (χ0v) is 16.1. The Morgan fingerprint density at radius 1 is 1.07 bits per heavy atom. The highest BCUT2D eigenvalue weighted by atomic mass is 35.5. The lowest BCUT2D eigenvalue weighted by Crippen LogP contribution is -2.03.